The topological polar surface area (TPSA) is 99.2 Å². The van der Waals surface area contributed by atoms with Gasteiger partial charge in [-0.1, -0.05) is 11.6 Å². The second-order valence-electron chi connectivity index (χ2n) is 4.18. The lowest BCUT2D eigenvalue weighted by Gasteiger charge is -2.05. The molecule has 0 aliphatic heterocycles. The van der Waals surface area contributed by atoms with Crippen molar-refractivity contribution in [3.8, 4) is 0 Å². The largest absolute Gasteiger partial charge is 0.464 e. The first kappa shape index (κ1) is 14.9. The molecule has 2 aromatic rings. The third-order valence-electron chi connectivity index (χ3n) is 2.60. The molecule has 0 aliphatic carbocycles. The molecule has 8 heteroatoms. The maximum absolute atomic E-state index is 11.9. The van der Waals surface area contributed by atoms with Gasteiger partial charge >= 0.3 is 5.97 Å². The SMILES string of the molecule is COC(=O)c1nn(CC(=O)Nc2ccc(Cl)cc2)cc1N. The first-order chi connectivity index (χ1) is 9.99. The summed E-state index contributed by atoms with van der Waals surface area (Å²) >= 11 is 5.76. The van der Waals surface area contributed by atoms with Crippen molar-refractivity contribution < 1.29 is 14.3 Å². The number of nitrogens with two attached hydrogens (primary N) is 1. The number of aromatic nitrogens is 2. The van der Waals surface area contributed by atoms with Gasteiger partial charge in [0.2, 0.25) is 5.91 Å². The van der Waals surface area contributed by atoms with Crippen molar-refractivity contribution in [2.75, 3.05) is 18.2 Å². The minimum absolute atomic E-state index is 0.0169. The van der Waals surface area contributed by atoms with Gasteiger partial charge in [0, 0.05) is 16.9 Å². The van der Waals surface area contributed by atoms with Crippen LogP contribution in [0.1, 0.15) is 10.5 Å². The number of rotatable bonds is 4. The van der Waals surface area contributed by atoms with E-state index in [1.165, 1.54) is 18.0 Å². The zero-order chi connectivity index (χ0) is 15.4. The van der Waals surface area contributed by atoms with E-state index < -0.39 is 5.97 Å². The van der Waals surface area contributed by atoms with Gasteiger partial charge in [0.1, 0.15) is 6.54 Å². The number of benzene rings is 1. The number of nitrogens with zero attached hydrogens (tertiary/aromatic N) is 2. The van der Waals surface area contributed by atoms with Gasteiger partial charge in [-0.05, 0) is 24.3 Å². The first-order valence-electron chi connectivity index (χ1n) is 5.96. The molecule has 2 rings (SSSR count). The molecule has 0 saturated carbocycles. The molecule has 3 N–H and O–H groups in total. The zero-order valence-corrected chi connectivity index (χ0v) is 11.9. The fourth-order valence-corrected chi connectivity index (χ4v) is 1.78. The van der Waals surface area contributed by atoms with Gasteiger partial charge < -0.3 is 15.8 Å². The molecule has 0 aliphatic rings. The maximum atomic E-state index is 11.9. The number of nitrogen functional groups attached to an aromatic ring is 1. The van der Waals surface area contributed by atoms with E-state index in [1.54, 1.807) is 24.3 Å². The summed E-state index contributed by atoms with van der Waals surface area (Å²) in [5, 5.41) is 7.16. The molecule has 1 heterocycles. The van der Waals surface area contributed by atoms with Crippen LogP contribution in [-0.4, -0.2) is 28.8 Å². The number of carbonyl (C=O) groups excluding carboxylic acids is 2. The molecule has 0 unspecified atom stereocenters. The van der Waals surface area contributed by atoms with E-state index in [9.17, 15) is 9.59 Å². The Hall–Kier alpha value is -2.54. The molecule has 110 valence electrons. The summed E-state index contributed by atoms with van der Waals surface area (Å²) in [7, 11) is 1.23. The van der Waals surface area contributed by atoms with E-state index in [0.717, 1.165) is 0 Å². The number of esters is 1. The highest BCUT2D eigenvalue weighted by Crippen LogP contribution is 2.14. The number of methoxy groups -OCH3 is 1. The fourth-order valence-electron chi connectivity index (χ4n) is 1.65. The summed E-state index contributed by atoms with van der Waals surface area (Å²) in [6.07, 6.45) is 1.40. The molecule has 0 bridgehead atoms. The molecule has 1 amide bonds. The van der Waals surface area contributed by atoms with Gasteiger partial charge in [0.05, 0.1) is 12.8 Å². The van der Waals surface area contributed by atoms with E-state index >= 15 is 0 Å². The minimum atomic E-state index is -0.649. The number of amides is 1. The number of anilines is 2. The van der Waals surface area contributed by atoms with Crippen LogP contribution in [0.5, 0.6) is 0 Å². The molecule has 21 heavy (non-hydrogen) atoms. The van der Waals surface area contributed by atoms with Gasteiger partial charge in [0.25, 0.3) is 0 Å². The Labute approximate surface area is 125 Å². The van der Waals surface area contributed by atoms with Crippen molar-refractivity contribution in [3.05, 3.63) is 41.2 Å². The van der Waals surface area contributed by atoms with E-state index in [0.29, 0.717) is 10.7 Å². The summed E-state index contributed by atoms with van der Waals surface area (Å²) in [5.41, 5.74) is 6.38. The molecule has 0 fully saturated rings. The van der Waals surface area contributed by atoms with Crippen molar-refractivity contribution in [1.82, 2.24) is 9.78 Å². The number of carbonyl (C=O) groups is 2. The molecule has 1 aromatic carbocycles. The van der Waals surface area contributed by atoms with Crippen LogP contribution in [0.15, 0.2) is 30.5 Å². The summed E-state index contributed by atoms with van der Waals surface area (Å²) in [4.78, 5) is 23.2. The number of halogens is 1. The Bertz CT molecular complexity index is 667. The third kappa shape index (κ3) is 3.73. The summed E-state index contributed by atoms with van der Waals surface area (Å²) in [6.45, 7) is -0.0795. The smallest absolute Gasteiger partial charge is 0.360 e. The Balaban J connectivity index is 2.03. The van der Waals surface area contributed by atoms with Crippen molar-refractivity contribution in [2.45, 2.75) is 6.54 Å². The van der Waals surface area contributed by atoms with Crippen LogP contribution in [0.3, 0.4) is 0 Å². The monoisotopic (exact) mass is 308 g/mol. The predicted octanol–water partition coefficient (Wildman–Crippen LogP) is 1.54. The lowest BCUT2D eigenvalue weighted by atomic mass is 10.3. The van der Waals surface area contributed by atoms with Gasteiger partial charge in [-0.3, -0.25) is 9.48 Å². The molecular formula is C13H13ClN4O3. The van der Waals surface area contributed by atoms with Gasteiger partial charge in [0.15, 0.2) is 5.69 Å². The summed E-state index contributed by atoms with van der Waals surface area (Å²) in [5.74, 6) is -0.958. The van der Waals surface area contributed by atoms with E-state index in [1.807, 2.05) is 0 Å². The Morgan fingerprint density at radius 2 is 2.05 bits per heavy atom. The quantitative estimate of drug-likeness (QED) is 0.835. The van der Waals surface area contributed by atoms with E-state index in [4.69, 9.17) is 17.3 Å². The van der Waals surface area contributed by atoms with Gasteiger partial charge in [-0.2, -0.15) is 5.10 Å². The molecule has 0 spiro atoms. The van der Waals surface area contributed by atoms with Crippen molar-refractivity contribution >= 4 is 34.9 Å². The van der Waals surface area contributed by atoms with Crippen molar-refractivity contribution in [2.24, 2.45) is 0 Å². The summed E-state index contributed by atoms with van der Waals surface area (Å²) < 4.78 is 5.81. The highest BCUT2D eigenvalue weighted by atomic mass is 35.5. The maximum Gasteiger partial charge on any atom is 0.360 e. The summed E-state index contributed by atoms with van der Waals surface area (Å²) in [6, 6.07) is 6.69. The van der Waals surface area contributed by atoms with Gasteiger partial charge in [-0.25, -0.2) is 4.79 Å². The average Bonchev–Trinajstić information content (AvgIpc) is 2.81. The Kier molecular flexibility index (Phi) is 4.44. The molecule has 1 aromatic heterocycles. The predicted molar refractivity (Wildman–Crippen MR) is 78.1 cm³/mol. The third-order valence-corrected chi connectivity index (χ3v) is 2.85. The molecular weight excluding hydrogens is 296 g/mol. The molecule has 0 radical (unpaired) electrons. The second-order valence-corrected chi connectivity index (χ2v) is 4.61. The van der Waals surface area contributed by atoms with Crippen LogP contribution >= 0.6 is 11.6 Å². The fraction of sp³-hybridized carbons (Fsp3) is 0.154. The zero-order valence-electron chi connectivity index (χ0n) is 11.2. The minimum Gasteiger partial charge on any atom is -0.464 e. The van der Waals surface area contributed by atoms with Crippen LogP contribution in [0.2, 0.25) is 5.02 Å². The number of nitrogens with one attached hydrogen (secondary N) is 1. The number of hydrogen-bond donors (Lipinski definition) is 2. The van der Waals surface area contributed by atoms with Crippen molar-refractivity contribution in [1.29, 1.82) is 0 Å². The number of hydrogen-bond acceptors (Lipinski definition) is 5. The molecule has 0 saturated heterocycles. The average molecular weight is 309 g/mol. The lowest BCUT2D eigenvalue weighted by molar-refractivity contribution is -0.116. The normalized spacial score (nSPS) is 10.2. The molecule has 0 atom stereocenters. The Morgan fingerprint density at radius 3 is 2.67 bits per heavy atom. The van der Waals surface area contributed by atoms with Crippen LogP contribution in [0, 0.1) is 0 Å². The van der Waals surface area contributed by atoms with Crippen LogP contribution < -0.4 is 11.1 Å². The highest BCUT2D eigenvalue weighted by molar-refractivity contribution is 6.30. The second kappa shape index (κ2) is 6.27. The standard InChI is InChI=1S/C13H13ClN4O3/c1-21-13(20)12-10(15)6-18(17-12)7-11(19)16-9-4-2-8(14)3-5-9/h2-6H,7,15H2,1H3,(H,16,19). The van der Waals surface area contributed by atoms with Crippen molar-refractivity contribution in [3.63, 3.8) is 0 Å². The van der Waals surface area contributed by atoms with Crippen LogP contribution in [0.4, 0.5) is 11.4 Å². The van der Waals surface area contributed by atoms with Gasteiger partial charge in [-0.15, -0.1) is 0 Å². The highest BCUT2D eigenvalue weighted by Gasteiger charge is 2.16. The molecule has 7 nitrogen and oxygen atoms in total. The van der Waals surface area contributed by atoms with Crippen LogP contribution in [0.25, 0.3) is 0 Å². The lowest BCUT2D eigenvalue weighted by Crippen LogP contribution is -2.19. The Morgan fingerprint density at radius 1 is 1.38 bits per heavy atom. The first-order valence-corrected chi connectivity index (χ1v) is 6.34. The van der Waals surface area contributed by atoms with E-state index in [2.05, 4.69) is 15.2 Å². The number of ether oxygens (including phenoxy) is 1. The van der Waals surface area contributed by atoms with Crippen LogP contribution in [-0.2, 0) is 16.1 Å². The van der Waals surface area contributed by atoms with E-state index in [-0.39, 0.29) is 23.8 Å².